The third kappa shape index (κ3) is 2.50. The fourth-order valence-electron chi connectivity index (χ4n) is 2.30. The Labute approximate surface area is 115 Å². The van der Waals surface area contributed by atoms with E-state index >= 15 is 0 Å². The molecular weight excluding hydrogens is 258 g/mol. The lowest BCUT2D eigenvalue weighted by Crippen LogP contribution is -2.07. The monoisotopic (exact) mass is 272 g/mol. The molecule has 0 aliphatic rings. The molecule has 0 radical (unpaired) electrons. The SMILES string of the molecule is CC(Nc1ccc2[nH]ccc2c1)c1cc(F)cc(F)c1. The first-order valence-corrected chi connectivity index (χ1v) is 6.41. The van der Waals surface area contributed by atoms with Crippen LogP contribution in [0, 0.1) is 11.6 Å². The van der Waals surface area contributed by atoms with Gasteiger partial charge in [0.2, 0.25) is 0 Å². The third-order valence-electron chi connectivity index (χ3n) is 3.32. The zero-order valence-electron chi connectivity index (χ0n) is 11.0. The van der Waals surface area contributed by atoms with E-state index in [-0.39, 0.29) is 6.04 Å². The average molecular weight is 272 g/mol. The number of H-pyrrole nitrogens is 1. The largest absolute Gasteiger partial charge is 0.378 e. The van der Waals surface area contributed by atoms with Crippen LogP contribution in [0.1, 0.15) is 18.5 Å². The highest BCUT2D eigenvalue weighted by atomic mass is 19.1. The molecule has 0 amide bonds. The Bertz CT molecular complexity index is 729. The minimum absolute atomic E-state index is 0.184. The molecular formula is C16H14F2N2. The van der Waals surface area contributed by atoms with Crippen LogP contribution >= 0.6 is 0 Å². The fraction of sp³-hybridized carbons (Fsp3) is 0.125. The Morgan fingerprint density at radius 1 is 1.00 bits per heavy atom. The molecule has 1 atom stereocenters. The summed E-state index contributed by atoms with van der Waals surface area (Å²) < 4.78 is 26.4. The summed E-state index contributed by atoms with van der Waals surface area (Å²) >= 11 is 0. The highest BCUT2D eigenvalue weighted by Crippen LogP contribution is 2.23. The lowest BCUT2D eigenvalue weighted by Gasteiger charge is -2.16. The number of aromatic nitrogens is 1. The van der Waals surface area contributed by atoms with Crippen LogP contribution in [0.5, 0.6) is 0 Å². The number of hydrogen-bond donors (Lipinski definition) is 2. The Balaban J connectivity index is 1.85. The number of halogens is 2. The lowest BCUT2D eigenvalue weighted by atomic mass is 10.1. The number of anilines is 1. The Morgan fingerprint density at radius 3 is 2.50 bits per heavy atom. The summed E-state index contributed by atoms with van der Waals surface area (Å²) in [6.45, 7) is 1.87. The molecule has 1 unspecified atom stereocenters. The molecule has 0 aliphatic heterocycles. The van der Waals surface area contributed by atoms with Crippen molar-refractivity contribution in [2.45, 2.75) is 13.0 Å². The van der Waals surface area contributed by atoms with Crippen LogP contribution in [0.4, 0.5) is 14.5 Å². The molecule has 2 aromatic carbocycles. The van der Waals surface area contributed by atoms with E-state index in [1.165, 1.54) is 12.1 Å². The van der Waals surface area contributed by atoms with E-state index in [1.54, 1.807) is 0 Å². The molecule has 2 nitrogen and oxygen atoms in total. The summed E-state index contributed by atoms with van der Waals surface area (Å²) in [5.41, 5.74) is 2.55. The van der Waals surface area contributed by atoms with Gasteiger partial charge in [-0.2, -0.15) is 0 Å². The van der Waals surface area contributed by atoms with Crippen molar-refractivity contribution in [3.8, 4) is 0 Å². The maximum absolute atomic E-state index is 13.2. The number of nitrogens with one attached hydrogen (secondary N) is 2. The zero-order valence-corrected chi connectivity index (χ0v) is 11.0. The predicted octanol–water partition coefficient (Wildman–Crippen LogP) is 4.62. The first-order chi connectivity index (χ1) is 9.61. The Hall–Kier alpha value is -2.36. The first-order valence-electron chi connectivity index (χ1n) is 6.41. The highest BCUT2D eigenvalue weighted by molar-refractivity contribution is 5.83. The summed E-state index contributed by atoms with van der Waals surface area (Å²) in [5.74, 6) is -1.12. The van der Waals surface area contributed by atoms with Gasteiger partial charge in [-0.15, -0.1) is 0 Å². The van der Waals surface area contributed by atoms with Crippen LogP contribution in [0.15, 0.2) is 48.7 Å². The van der Waals surface area contributed by atoms with Crippen molar-refractivity contribution >= 4 is 16.6 Å². The predicted molar refractivity (Wildman–Crippen MR) is 76.7 cm³/mol. The molecule has 102 valence electrons. The summed E-state index contributed by atoms with van der Waals surface area (Å²) in [5, 5.41) is 4.34. The maximum atomic E-state index is 13.2. The van der Waals surface area contributed by atoms with Crippen molar-refractivity contribution in [2.75, 3.05) is 5.32 Å². The van der Waals surface area contributed by atoms with E-state index in [0.29, 0.717) is 5.56 Å². The van der Waals surface area contributed by atoms with Crippen molar-refractivity contribution in [1.29, 1.82) is 0 Å². The van der Waals surface area contributed by atoms with Gasteiger partial charge in [0.1, 0.15) is 11.6 Å². The van der Waals surface area contributed by atoms with Crippen molar-refractivity contribution in [1.82, 2.24) is 4.98 Å². The van der Waals surface area contributed by atoms with Crippen molar-refractivity contribution in [3.63, 3.8) is 0 Å². The smallest absolute Gasteiger partial charge is 0.126 e. The number of hydrogen-bond acceptors (Lipinski definition) is 1. The molecule has 3 rings (SSSR count). The van der Waals surface area contributed by atoms with Gasteiger partial charge in [-0.25, -0.2) is 8.78 Å². The molecule has 1 aromatic heterocycles. The number of aromatic amines is 1. The first kappa shape index (κ1) is 12.7. The molecule has 2 N–H and O–H groups in total. The van der Waals surface area contributed by atoms with E-state index in [2.05, 4.69) is 10.3 Å². The van der Waals surface area contributed by atoms with Gasteiger partial charge in [0.05, 0.1) is 0 Å². The van der Waals surface area contributed by atoms with E-state index in [1.807, 2.05) is 37.4 Å². The molecule has 20 heavy (non-hydrogen) atoms. The summed E-state index contributed by atoms with van der Waals surface area (Å²) in [6, 6.07) is 11.3. The van der Waals surface area contributed by atoms with Crippen molar-refractivity contribution in [3.05, 3.63) is 65.9 Å². The maximum Gasteiger partial charge on any atom is 0.126 e. The standard InChI is InChI=1S/C16H14F2N2/c1-10(12-6-13(17)9-14(18)7-12)20-15-2-3-16-11(8-15)4-5-19-16/h2-10,19-20H,1H3. The van der Waals surface area contributed by atoms with Crippen LogP contribution in [0.25, 0.3) is 10.9 Å². The summed E-state index contributed by atoms with van der Waals surface area (Å²) in [7, 11) is 0. The van der Waals surface area contributed by atoms with Gasteiger partial charge in [-0.1, -0.05) is 0 Å². The lowest BCUT2D eigenvalue weighted by molar-refractivity contribution is 0.577. The minimum atomic E-state index is -0.560. The fourth-order valence-corrected chi connectivity index (χ4v) is 2.30. The van der Waals surface area contributed by atoms with Gasteiger partial charge < -0.3 is 10.3 Å². The zero-order chi connectivity index (χ0) is 14.1. The second-order valence-corrected chi connectivity index (χ2v) is 4.85. The highest BCUT2D eigenvalue weighted by Gasteiger charge is 2.09. The van der Waals surface area contributed by atoms with Crippen LogP contribution in [-0.2, 0) is 0 Å². The average Bonchev–Trinajstić information content (AvgIpc) is 2.85. The summed E-state index contributed by atoms with van der Waals surface area (Å²) in [6.07, 6.45) is 1.87. The molecule has 0 saturated heterocycles. The van der Waals surface area contributed by atoms with Gasteiger partial charge in [-0.3, -0.25) is 0 Å². The molecule has 3 aromatic rings. The second kappa shape index (κ2) is 4.96. The number of fused-ring (bicyclic) bond motifs is 1. The Morgan fingerprint density at radius 2 is 1.75 bits per heavy atom. The molecule has 0 spiro atoms. The van der Waals surface area contributed by atoms with E-state index in [9.17, 15) is 8.78 Å². The molecule has 1 heterocycles. The van der Waals surface area contributed by atoms with Gasteiger partial charge in [-0.05, 0) is 48.9 Å². The second-order valence-electron chi connectivity index (χ2n) is 4.85. The van der Waals surface area contributed by atoms with Gasteiger partial charge in [0, 0.05) is 34.9 Å². The van der Waals surface area contributed by atoms with Gasteiger partial charge >= 0.3 is 0 Å². The molecule has 0 aliphatic carbocycles. The van der Waals surface area contributed by atoms with Crippen LogP contribution in [-0.4, -0.2) is 4.98 Å². The molecule has 4 heteroatoms. The molecule has 0 saturated carbocycles. The normalized spacial score (nSPS) is 12.6. The van der Waals surface area contributed by atoms with Crippen LogP contribution < -0.4 is 5.32 Å². The van der Waals surface area contributed by atoms with E-state index in [4.69, 9.17) is 0 Å². The van der Waals surface area contributed by atoms with Gasteiger partial charge in [0.25, 0.3) is 0 Å². The molecule has 0 bridgehead atoms. The quantitative estimate of drug-likeness (QED) is 0.715. The van der Waals surface area contributed by atoms with Crippen LogP contribution in [0.2, 0.25) is 0 Å². The Kier molecular flexibility index (Phi) is 3.14. The van der Waals surface area contributed by atoms with Gasteiger partial charge in [0.15, 0.2) is 0 Å². The topological polar surface area (TPSA) is 27.8 Å². The van der Waals surface area contributed by atoms with Crippen molar-refractivity contribution in [2.24, 2.45) is 0 Å². The van der Waals surface area contributed by atoms with E-state index < -0.39 is 11.6 Å². The van der Waals surface area contributed by atoms with E-state index in [0.717, 1.165) is 22.7 Å². The van der Waals surface area contributed by atoms with Crippen LogP contribution in [0.3, 0.4) is 0 Å². The third-order valence-corrected chi connectivity index (χ3v) is 3.32. The minimum Gasteiger partial charge on any atom is -0.378 e. The number of benzene rings is 2. The molecule has 0 fully saturated rings. The number of rotatable bonds is 3. The summed E-state index contributed by atoms with van der Waals surface area (Å²) in [4.78, 5) is 3.12. The van der Waals surface area contributed by atoms with Crippen molar-refractivity contribution < 1.29 is 8.78 Å².